The number of pyridine rings is 1. The first-order chi connectivity index (χ1) is 8.37. The first-order valence-corrected chi connectivity index (χ1v) is 6.09. The van der Waals surface area contributed by atoms with E-state index in [-0.39, 0.29) is 13.0 Å². The minimum Gasteiger partial charge on any atom is -0.393 e. The third-order valence-electron chi connectivity index (χ3n) is 2.09. The summed E-state index contributed by atoms with van der Waals surface area (Å²) in [4.78, 5) is 4.06. The monoisotopic (exact) mass is 327 g/mol. The maximum Gasteiger partial charge on any atom is 0.411 e. The average Bonchev–Trinajstić information content (AvgIpc) is 2.26. The molecular weight excluding hydrogens is 315 g/mol. The number of hydrogen-bond donors (Lipinski definition) is 1. The molecule has 0 radical (unpaired) electrons. The van der Waals surface area contributed by atoms with Gasteiger partial charge in [0.25, 0.3) is 0 Å². The van der Waals surface area contributed by atoms with Gasteiger partial charge in [-0.05, 0) is 34.5 Å². The Hall–Kier alpha value is -0.660. The van der Waals surface area contributed by atoms with Crippen LogP contribution < -0.4 is 0 Å². The second-order valence-electron chi connectivity index (χ2n) is 3.78. The van der Waals surface area contributed by atoms with Crippen molar-refractivity contribution in [1.29, 1.82) is 0 Å². The molecule has 1 heterocycles. The van der Waals surface area contributed by atoms with Crippen molar-refractivity contribution in [2.45, 2.75) is 25.1 Å². The number of halogens is 4. The summed E-state index contributed by atoms with van der Waals surface area (Å²) in [5.74, 6) is 0. The summed E-state index contributed by atoms with van der Waals surface area (Å²) in [6.07, 6.45) is -3.04. The highest BCUT2D eigenvalue weighted by Gasteiger charge is 2.27. The molecule has 0 saturated carbocycles. The van der Waals surface area contributed by atoms with Gasteiger partial charge in [-0.3, -0.25) is 4.98 Å². The molecule has 0 bridgehead atoms. The molecule has 1 rings (SSSR count). The van der Waals surface area contributed by atoms with E-state index in [0.717, 1.165) is 4.47 Å². The Morgan fingerprint density at radius 1 is 1.39 bits per heavy atom. The lowest BCUT2D eigenvalue weighted by molar-refractivity contribution is -0.175. The molecule has 1 N–H and O–H groups in total. The Labute approximate surface area is 111 Å². The van der Waals surface area contributed by atoms with Crippen LogP contribution in [0.3, 0.4) is 0 Å². The molecule has 1 aromatic heterocycles. The van der Waals surface area contributed by atoms with Gasteiger partial charge in [-0.15, -0.1) is 0 Å². The van der Waals surface area contributed by atoms with E-state index in [1.165, 1.54) is 0 Å². The highest BCUT2D eigenvalue weighted by molar-refractivity contribution is 9.10. The van der Waals surface area contributed by atoms with Crippen LogP contribution in [0.25, 0.3) is 0 Å². The number of aliphatic hydroxyl groups is 1. The third kappa shape index (κ3) is 6.93. The molecule has 0 aliphatic heterocycles. The maximum atomic E-state index is 11.8. The van der Waals surface area contributed by atoms with Crippen LogP contribution >= 0.6 is 15.9 Å². The Bertz CT molecular complexity index is 356. The van der Waals surface area contributed by atoms with E-state index < -0.39 is 18.9 Å². The second-order valence-corrected chi connectivity index (χ2v) is 4.70. The molecule has 0 spiro atoms. The van der Waals surface area contributed by atoms with Gasteiger partial charge in [-0.2, -0.15) is 13.2 Å². The third-order valence-corrected chi connectivity index (χ3v) is 2.56. The van der Waals surface area contributed by atoms with Crippen LogP contribution in [0.5, 0.6) is 0 Å². The van der Waals surface area contributed by atoms with Crippen molar-refractivity contribution in [1.82, 2.24) is 4.98 Å². The molecule has 0 aliphatic rings. The lowest BCUT2D eigenvalue weighted by atomic mass is 10.1. The number of rotatable bonds is 6. The van der Waals surface area contributed by atoms with Gasteiger partial charge in [0, 0.05) is 29.4 Å². The molecule has 102 valence electrons. The Kier molecular flexibility index (Phi) is 6.04. The van der Waals surface area contributed by atoms with Crippen molar-refractivity contribution in [3.8, 4) is 0 Å². The van der Waals surface area contributed by atoms with E-state index in [1.54, 1.807) is 18.3 Å². The zero-order chi connectivity index (χ0) is 13.6. The van der Waals surface area contributed by atoms with E-state index in [2.05, 4.69) is 25.7 Å². The lowest BCUT2D eigenvalue weighted by Gasteiger charge is -2.11. The average molecular weight is 328 g/mol. The van der Waals surface area contributed by atoms with Gasteiger partial charge in [-0.25, -0.2) is 0 Å². The van der Waals surface area contributed by atoms with Crippen LogP contribution in [0, 0.1) is 0 Å². The van der Waals surface area contributed by atoms with Gasteiger partial charge in [0.2, 0.25) is 0 Å². The van der Waals surface area contributed by atoms with E-state index in [0.29, 0.717) is 12.1 Å². The van der Waals surface area contributed by atoms with Crippen LogP contribution in [0.1, 0.15) is 12.1 Å². The van der Waals surface area contributed by atoms with Crippen molar-refractivity contribution >= 4 is 15.9 Å². The highest BCUT2D eigenvalue weighted by Crippen LogP contribution is 2.15. The predicted molar refractivity (Wildman–Crippen MR) is 63.1 cm³/mol. The molecule has 18 heavy (non-hydrogen) atoms. The van der Waals surface area contributed by atoms with E-state index in [4.69, 9.17) is 0 Å². The van der Waals surface area contributed by atoms with Crippen LogP contribution in [-0.2, 0) is 11.2 Å². The summed E-state index contributed by atoms with van der Waals surface area (Å²) in [5.41, 5.74) is 0.682. The minimum absolute atomic E-state index is 0.128. The summed E-state index contributed by atoms with van der Waals surface area (Å²) in [6, 6.07) is 3.53. The predicted octanol–water partition coefficient (Wildman–Crippen LogP) is 2.72. The summed E-state index contributed by atoms with van der Waals surface area (Å²) < 4.78 is 40.5. The maximum absolute atomic E-state index is 11.8. The van der Waals surface area contributed by atoms with Crippen molar-refractivity contribution in [3.63, 3.8) is 0 Å². The SMILES string of the molecule is OC(CCOCC(F)(F)F)Cc1ccc(Br)cn1. The Balaban J connectivity index is 2.21. The highest BCUT2D eigenvalue weighted by atomic mass is 79.9. The molecule has 1 aromatic rings. The van der Waals surface area contributed by atoms with Crippen molar-refractivity contribution < 1.29 is 23.0 Å². The smallest absolute Gasteiger partial charge is 0.393 e. The van der Waals surface area contributed by atoms with Gasteiger partial charge in [0.15, 0.2) is 0 Å². The lowest BCUT2D eigenvalue weighted by Crippen LogP contribution is -2.20. The number of alkyl halides is 3. The molecule has 0 saturated heterocycles. The molecule has 1 atom stereocenters. The standard InChI is InChI=1S/C11H13BrF3NO2/c12-8-1-2-9(16-6-8)5-10(17)3-4-18-7-11(13,14)15/h1-2,6,10,17H,3-5,7H2. The first-order valence-electron chi connectivity index (χ1n) is 5.30. The van der Waals surface area contributed by atoms with Gasteiger partial charge >= 0.3 is 6.18 Å². The van der Waals surface area contributed by atoms with Crippen molar-refractivity contribution in [2.75, 3.05) is 13.2 Å². The van der Waals surface area contributed by atoms with E-state index >= 15 is 0 Å². The number of ether oxygens (including phenoxy) is 1. The number of aliphatic hydroxyl groups excluding tert-OH is 1. The fraction of sp³-hybridized carbons (Fsp3) is 0.545. The fourth-order valence-corrected chi connectivity index (χ4v) is 1.51. The van der Waals surface area contributed by atoms with E-state index in [9.17, 15) is 18.3 Å². The minimum atomic E-state index is -4.32. The first kappa shape index (κ1) is 15.4. The number of nitrogens with zero attached hydrogens (tertiary/aromatic N) is 1. The molecular formula is C11H13BrF3NO2. The molecule has 0 fully saturated rings. The summed E-state index contributed by atoms with van der Waals surface area (Å²) in [6.45, 7) is -1.41. The summed E-state index contributed by atoms with van der Waals surface area (Å²) >= 11 is 3.23. The van der Waals surface area contributed by atoms with Gasteiger partial charge < -0.3 is 9.84 Å². The molecule has 3 nitrogen and oxygen atoms in total. The summed E-state index contributed by atoms with van der Waals surface area (Å²) in [5, 5.41) is 9.59. The second kappa shape index (κ2) is 7.06. The Morgan fingerprint density at radius 3 is 2.67 bits per heavy atom. The van der Waals surface area contributed by atoms with Crippen LogP contribution in [0.4, 0.5) is 13.2 Å². The number of hydrogen-bond acceptors (Lipinski definition) is 3. The molecule has 7 heteroatoms. The quantitative estimate of drug-likeness (QED) is 0.817. The normalized spacial score (nSPS) is 13.6. The van der Waals surface area contributed by atoms with Crippen LogP contribution in [0.2, 0.25) is 0 Å². The van der Waals surface area contributed by atoms with Gasteiger partial charge in [-0.1, -0.05) is 0 Å². The number of aromatic nitrogens is 1. The van der Waals surface area contributed by atoms with Gasteiger partial charge in [0.05, 0.1) is 6.10 Å². The summed E-state index contributed by atoms with van der Waals surface area (Å²) in [7, 11) is 0. The van der Waals surface area contributed by atoms with Crippen molar-refractivity contribution in [2.24, 2.45) is 0 Å². The van der Waals surface area contributed by atoms with Crippen LogP contribution in [-0.4, -0.2) is 35.6 Å². The van der Waals surface area contributed by atoms with Gasteiger partial charge in [0.1, 0.15) is 6.61 Å². The van der Waals surface area contributed by atoms with E-state index in [1.807, 2.05) is 0 Å². The van der Waals surface area contributed by atoms with Crippen molar-refractivity contribution in [3.05, 3.63) is 28.5 Å². The zero-order valence-corrected chi connectivity index (χ0v) is 11.0. The molecule has 0 aliphatic carbocycles. The molecule has 1 unspecified atom stereocenters. The van der Waals surface area contributed by atoms with Crippen LogP contribution in [0.15, 0.2) is 22.8 Å². The molecule has 0 aromatic carbocycles. The largest absolute Gasteiger partial charge is 0.411 e. The topological polar surface area (TPSA) is 42.4 Å². The zero-order valence-electron chi connectivity index (χ0n) is 9.45. The molecule has 0 amide bonds. The fourth-order valence-electron chi connectivity index (χ4n) is 1.28. The Morgan fingerprint density at radius 2 is 2.11 bits per heavy atom.